The second-order valence-corrected chi connectivity index (χ2v) is 8.06. The highest BCUT2D eigenvalue weighted by atomic mass is 15.3. The zero-order chi connectivity index (χ0) is 20.4. The van der Waals surface area contributed by atoms with Crippen LogP contribution in [0.15, 0.2) is 35.5 Å². The Balaban J connectivity index is 1.33. The number of para-hydroxylation sites is 2. The highest BCUT2D eigenvalue weighted by Gasteiger charge is 2.23. The van der Waals surface area contributed by atoms with Gasteiger partial charge in [0.05, 0.1) is 16.7 Å². The maximum Gasteiger partial charge on any atom is 0.191 e. The molecule has 0 bridgehead atoms. The molecule has 7 nitrogen and oxygen atoms in total. The van der Waals surface area contributed by atoms with Crippen LogP contribution in [0.25, 0.3) is 11.0 Å². The molecule has 1 unspecified atom stereocenters. The molecule has 2 N–H and O–H groups in total. The van der Waals surface area contributed by atoms with Crippen LogP contribution in [0.1, 0.15) is 43.4 Å². The van der Waals surface area contributed by atoms with Crippen LogP contribution in [0.2, 0.25) is 0 Å². The fourth-order valence-corrected chi connectivity index (χ4v) is 4.05. The van der Waals surface area contributed by atoms with Gasteiger partial charge in [-0.05, 0) is 51.3 Å². The van der Waals surface area contributed by atoms with Crippen LogP contribution < -0.4 is 10.6 Å². The lowest BCUT2D eigenvalue weighted by atomic mass is 9.94. The van der Waals surface area contributed by atoms with Gasteiger partial charge < -0.3 is 15.2 Å². The van der Waals surface area contributed by atoms with E-state index in [0.29, 0.717) is 12.1 Å². The van der Waals surface area contributed by atoms with Crippen molar-refractivity contribution in [2.24, 2.45) is 4.99 Å². The van der Waals surface area contributed by atoms with Crippen molar-refractivity contribution in [1.82, 2.24) is 30.0 Å². The van der Waals surface area contributed by atoms with Gasteiger partial charge >= 0.3 is 0 Å². The van der Waals surface area contributed by atoms with Crippen molar-refractivity contribution in [2.45, 2.75) is 58.7 Å². The van der Waals surface area contributed by atoms with Crippen LogP contribution in [-0.2, 0) is 19.4 Å². The number of nitrogens with zero attached hydrogens (tertiary/aromatic N) is 5. The normalized spacial score (nSPS) is 17.0. The van der Waals surface area contributed by atoms with Crippen molar-refractivity contribution in [2.75, 3.05) is 13.6 Å². The number of aromatic nitrogens is 4. The van der Waals surface area contributed by atoms with Gasteiger partial charge in [-0.1, -0.05) is 12.1 Å². The average molecular weight is 394 g/mol. The number of rotatable bonds is 5. The molecule has 1 aliphatic rings. The maximum atomic E-state index is 4.77. The Morgan fingerprint density at radius 2 is 2.14 bits per heavy atom. The van der Waals surface area contributed by atoms with E-state index in [2.05, 4.69) is 75.0 Å². The Hall–Kier alpha value is -2.83. The van der Waals surface area contributed by atoms with Gasteiger partial charge in [-0.3, -0.25) is 9.67 Å². The van der Waals surface area contributed by atoms with Gasteiger partial charge in [0.1, 0.15) is 5.82 Å². The summed E-state index contributed by atoms with van der Waals surface area (Å²) >= 11 is 0. The van der Waals surface area contributed by atoms with E-state index in [-0.39, 0.29) is 0 Å². The van der Waals surface area contributed by atoms with E-state index in [0.717, 1.165) is 49.7 Å². The number of benzene rings is 1. The third-order valence-electron chi connectivity index (χ3n) is 5.66. The van der Waals surface area contributed by atoms with Crippen LogP contribution in [0.5, 0.6) is 0 Å². The molecule has 29 heavy (non-hydrogen) atoms. The molecule has 1 atom stereocenters. The molecule has 0 amide bonds. The number of nitrogens with one attached hydrogen (secondary N) is 2. The minimum atomic E-state index is 0.361. The molecule has 2 heterocycles. The zero-order valence-electron chi connectivity index (χ0n) is 17.8. The molecule has 154 valence electrons. The summed E-state index contributed by atoms with van der Waals surface area (Å²) in [5.74, 6) is 1.89. The van der Waals surface area contributed by atoms with E-state index in [1.54, 1.807) is 0 Å². The summed E-state index contributed by atoms with van der Waals surface area (Å²) in [5.41, 5.74) is 4.84. The van der Waals surface area contributed by atoms with Crippen molar-refractivity contribution in [1.29, 1.82) is 0 Å². The lowest BCUT2D eigenvalue weighted by Crippen LogP contribution is -2.46. The van der Waals surface area contributed by atoms with Crippen molar-refractivity contribution >= 4 is 17.0 Å². The summed E-state index contributed by atoms with van der Waals surface area (Å²) in [5, 5.41) is 11.8. The van der Waals surface area contributed by atoms with Gasteiger partial charge in [0, 0.05) is 44.8 Å². The fraction of sp³-hybridized carbons (Fsp3) is 0.500. The second kappa shape index (κ2) is 8.27. The summed E-state index contributed by atoms with van der Waals surface area (Å²) in [6.07, 6.45) is 5.32. The third-order valence-corrected chi connectivity index (χ3v) is 5.66. The SMILES string of the molecule is CN=C(NCCn1c(C)nc2ccccc21)NC1CCc2cn(C(C)C)nc2C1. The monoisotopic (exact) mass is 393 g/mol. The molecule has 4 rings (SSSR count). The highest BCUT2D eigenvalue weighted by Crippen LogP contribution is 2.21. The van der Waals surface area contributed by atoms with Gasteiger partial charge in [0.2, 0.25) is 0 Å². The molecule has 0 aliphatic heterocycles. The smallest absolute Gasteiger partial charge is 0.191 e. The highest BCUT2D eigenvalue weighted by molar-refractivity contribution is 5.80. The number of aryl methyl sites for hydroxylation is 2. The fourth-order valence-electron chi connectivity index (χ4n) is 4.05. The third kappa shape index (κ3) is 4.13. The van der Waals surface area contributed by atoms with E-state index >= 15 is 0 Å². The Labute approximate surface area is 172 Å². The predicted molar refractivity (Wildman–Crippen MR) is 117 cm³/mol. The molecule has 2 aromatic heterocycles. The molecule has 7 heteroatoms. The predicted octanol–water partition coefficient (Wildman–Crippen LogP) is 2.84. The first kappa shape index (κ1) is 19.5. The first-order valence-electron chi connectivity index (χ1n) is 10.5. The summed E-state index contributed by atoms with van der Waals surface area (Å²) in [6, 6.07) is 9.04. The molecular weight excluding hydrogens is 362 g/mol. The van der Waals surface area contributed by atoms with Crippen molar-refractivity contribution in [3.63, 3.8) is 0 Å². The minimum Gasteiger partial charge on any atom is -0.355 e. The molecule has 0 spiro atoms. The van der Waals surface area contributed by atoms with E-state index in [9.17, 15) is 0 Å². The average Bonchev–Trinajstić information content (AvgIpc) is 3.28. The van der Waals surface area contributed by atoms with Crippen LogP contribution in [-0.4, -0.2) is 44.9 Å². The van der Waals surface area contributed by atoms with Crippen molar-refractivity contribution < 1.29 is 0 Å². The standard InChI is InChI=1S/C22H31N7/c1-15(2)29-14-17-9-10-18(13-20(17)27-29)26-22(23-4)24-11-12-28-16(3)25-19-7-5-6-8-21(19)28/h5-8,14-15,18H,9-13H2,1-4H3,(H2,23,24,26). The number of aliphatic imine (C=N–C) groups is 1. The maximum absolute atomic E-state index is 4.77. The summed E-state index contributed by atoms with van der Waals surface area (Å²) < 4.78 is 4.33. The quantitative estimate of drug-likeness (QED) is 0.516. The van der Waals surface area contributed by atoms with E-state index < -0.39 is 0 Å². The van der Waals surface area contributed by atoms with Crippen molar-refractivity contribution in [3.8, 4) is 0 Å². The molecule has 0 saturated carbocycles. The van der Waals surface area contributed by atoms with E-state index in [4.69, 9.17) is 5.10 Å². The topological polar surface area (TPSA) is 72.1 Å². The molecule has 3 aromatic rings. The van der Waals surface area contributed by atoms with Crippen molar-refractivity contribution in [3.05, 3.63) is 47.5 Å². The zero-order valence-corrected chi connectivity index (χ0v) is 17.8. The second-order valence-electron chi connectivity index (χ2n) is 8.06. The molecule has 0 fully saturated rings. The summed E-state index contributed by atoms with van der Waals surface area (Å²) in [4.78, 5) is 9.06. The Morgan fingerprint density at radius 1 is 1.31 bits per heavy atom. The lowest BCUT2D eigenvalue weighted by molar-refractivity contribution is 0.498. The first-order valence-corrected chi connectivity index (χ1v) is 10.5. The Morgan fingerprint density at radius 3 is 2.93 bits per heavy atom. The molecule has 1 aliphatic carbocycles. The summed E-state index contributed by atoms with van der Waals surface area (Å²) in [7, 11) is 1.83. The largest absolute Gasteiger partial charge is 0.355 e. The Bertz CT molecular complexity index is 1010. The van der Waals surface area contributed by atoms with Crippen LogP contribution >= 0.6 is 0 Å². The molecule has 1 aromatic carbocycles. The van der Waals surface area contributed by atoms with Crippen LogP contribution in [0.3, 0.4) is 0 Å². The van der Waals surface area contributed by atoms with E-state index in [1.165, 1.54) is 16.8 Å². The number of hydrogen-bond donors (Lipinski definition) is 2. The van der Waals surface area contributed by atoms with Gasteiger partial charge in [0.15, 0.2) is 5.96 Å². The van der Waals surface area contributed by atoms with Crippen LogP contribution in [0, 0.1) is 6.92 Å². The summed E-state index contributed by atoms with van der Waals surface area (Å²) in [6.45, 7) is 8.04. The van der Waals surface area contributed by atoms with E-state index in [1.807, 2.05) is 13.1 Å². The van der Waals surface area contributed by atoms with Gasteiger partial charge in [-0.25, -0.2) is 4.98 Å². The molecule has 0 saturated heterocycles. The number of fused-ring (bicyclic) bond motifs is 2. The lowest BCUT2D eigenvalue weighted by Gasteiger charge is -2.24. The van der Waals surface area contributed by atoms with Gasteiger partial charge in [-0.15, -0.1) is 0 Å². The molecule has 0 radical (unpaired) electrons. The first-order chi connectivity index (χ1) is 14.0. The molecular formula is C22H31N7. The number of guanidine groups is 1. The number of hydrogen-bond acceptors (Lipinski definition) is 3. The van der Waals surface area contributed by atoms with Gasteiger partial charge in [-0.2, -0.15) is 5.10 Å². The Kier molecular flexibility index (Phi) is 5.56. The van der Waals surface area contributed by atoms with Crippen LogP contribution in [0.4, 0.5) is 0 Å². The van der Waals surface area contributed by atoms with Gasteiger partial charge in [0.25, 0.3) is 0 Å². The minimum absolute atomic E-state index is 0.361. The number of imidazole rings is 1.